The second-order valence-electron chi connectivity index (χ2n) is 10.5. The number of imidazole rings is 1. The van der Waals surface area contributed by atoms with Crippen LogP contribution in [0.5, 0.6) is 0 Å². The van der Waals surface area contributed by atoms with Crippen LogP contribution < -0.4 is 11.3 Å². The quantitative estimate of drug-likeness (QED) is 0.176. The summed E-state index contributed by atoms with van der Waals surface area (Å²) >= 11 is 5.16. The van der Waals surface area contributed by atoms with Gasteiger partial charge in [0.05, 0.1) is 32.0 Å². The van der Waals surface area contributed by atoms with E-state index in [1.165, 1.54) is 10.9 Å². The number of nitrogens with one attached hydrogen (secondary N) is 1. The number of ether oxygens (including phenoxy) is 2. The van der Waals surface area contributed by atoms with E-state index in [0.717, 1.165) is 23.4 Å². The van der Waals surface area contributed by atoms with Crippen LogP contribution in [0, 0.1) is 5.82 Å². The number of halogens is 2. The molecule has 0 spiro atoms. The molecule has 0 aliphatic carbocycles. The molecule has 7 rings (SSSR count). The molecule has 19 nitrogen and oxygen atoms in total. The van der Waals surface area contributed by atoms with Crippen molar-refractivity contribution in [2.24, 2.45) is 0 Å². The summed E-state index contributed by atoms with van der Waals surface area (Å²) in [6, 6.07) is 0. The van der Waals surface area contributed by atoms with Crippen LogP contribution in [-0.2, 0) is 43.9 Å². The molecule has 248 valence electrons. The third-order valence-electron chi connectivity index (χ3n) is 7.65. The molecule has 0 amide bonds. The largest absolute Gasteiger partial charge is 0.472 e. The highest BCUT2D eigenvalue weighted by Gasteiger charge is 2.53. The Kier molecular flexibility index (Phi) is 8.06. The highest BCUT2D eigenvalue weighted by molar-refractivity contribution is 8.07. The minimum atomic E-state index is -5.10. The van der Waals surface area contributed by atoms with E-state index in [-0.39, 0.29) is 29.0 Å². The Labute approximate surface area is 260 Å². The van der Waals surface area contributed by atoms with Crippen molar-refractivity contribution in [1.29, 1.82) is 0 Å². The SMILES string of the molecule is Nc1ncnc2c1ncn2[C@@H]1O[C@H]2CCOP(O)(=S)O[C@@H]3[C@H](O)[C@@H](COP(=O)(O)O[C@H]2[C@H]1F)O[C@H]3n1cc(F)c2c(=O)[nH]cnc21. The van der Waals surface area contributed by atoms with Crippen LogP contribution in [0.25, 0.3) is 22.2 Å². The average molecular weight is 708 g/mol. The van der Waals surface area contributed by atoms with Crippen molar-refractivity contribution in [3.63, 3.8) is 0 Å². The number of fused-ring (bicyclic) bond motifs is 5. The molecule has 3 saturated heterocycles. The molecule has 3 aliphatic rings. The van der Waals surface area contributed by atoms with Crippen LogP contribution >= 0.6 is 14.5 Å². The van der Waals surface area contributed by atoms with Gasteiger partial charge in [-0.25, -0.2) is 33.3 Å². The normalized spacial score (nSPS) is 37.4. The van der Waals surface area contributed by atoms with E-state index in [2.05, 4.69) is 24.9 Å². The molecule has 2 bridgehead atoms. The predicted molar refractivity (Wildman–Crippen MR) is 151 cm³/mol. The van der Waals surface area contributed by atoms with Crippen LogP contribution in [0.2, 0.25) is 0 Å². The van der Waals surface area contributed by atoms with Crippen LogP contribution in [0.15, 0.2) is 30.0 Å². The fraction of sp³-hybridized carbons (Fsp3) is 0.500. The molecule has 24 heteroatoms. The first-order valence-corrected chi connectivity index (χ1v) is 17.5. The Bertz CT molecular complexity index is 1970. The molecule has 0 radical (unpaired) electrons. The molecule has 10 atom stereocenters. The van der Waals surface area contributed by atoms with Crippen molar-refractivity contribution >= 4 is 54.4 Å². The number of aliphatic hydroxyl groups excluding tert-OH is 1. The van der Waals surface area contributed by atoms with Gasteiger partial charge in [-0.2, -0.15) is 0 Å². The maximum Gasteiger partial charge on any atom is 0.472 e. The van der Waals surface area contributed by atoms with Gasteiger partial charge in [0.15, 0.2) is 41.6 Å². The van der Waals surface area contributed by atoms with Crippen molar-refractivity contribution in [2.45, 2.75) is 55.6 Å². The summed E-state index contributed by atoms with van der Waals surface area (Å²) in [4.78, 5) is 51.9. The Morgan fingerprint density at radius 2 is 1.83 bits per heavy atom. The Morgan fingerprint density at radius 3 is 2.63 bits per heavy atom. The average Bonchev–Trinajstić information content (AvgIpc) is 3.73. The summed E-state index contributed by atoms with van der Waals surface area (Å²) in [7, 11) is -5.10. The molecule has 7 heterocycles. The van der Waals surface area contributed by atoms with Crippen molar-refractivity contribution in [3.05, 3.63) is 41.3 Å². The number of aliphatic hydroxyl groups is 1. The standard InChI is InChI=1S/C22H24F2N8O11P2S/c23-8-3-31(18-11(8)20(34)29-6-27-18)22-16-14(33)10(41-22)4-39-44(35,36)42-15-9(1-2-38-45(37,46)43-16)40-21(12(15)24)32-7-30-13-17(25)26-5-28-19(13)32/h3,5-7,9-10,12,14-16,21-22,33H,1-2,4H2,(H,35,36)(H,37,46)(H2,25,26,28)(H,27,29,34)/t9-,10+,12+,14+,15+,16+,21+,22+,45?/m0/s1. The number of nitrogens with zero attached hydrogens (tertiary/aromatic N) is 6. The number of nitrogens with two attached hydrogens (primary N) is 1. The number of hydrogen-bond acceptors (Lipinski definition) is 15. The molecule has 3 aliphatic heterocycles. The lowest BCUT2D eigenvalue weighted by atomic mass is 10.1. The first kappa shape index (κ1) is 31.7. The van der Waals surface area contributed by atoms with Crippen molar-refractivity contribution in [2.75, 3.05) is 18.9 Å². The number of aromatic nitrogens is 7. The number of anilines is 1. The van der Waals surface area contributed by atoms with E-state index >= 15 is 4.39 Å². The fourth-order valence-electron chi connectivity index (χ4n) is 5.59. The Balaban J connectivity index is 1.18. The van der Waals surface area contributed by atoms with E-state index in [0.29, 0.717) is 0 Å². The van der Waals surface area contributed by atoms with Crippen molar-refractivity contribution < 1.29 is 55.8 Å². The topological polar surface area (TPSA) is 253 Å². The summed E-state index contributed by atoms with van der Waals surface area (Å²) in [5, 5.41) is 10.7. The van der Waals surface area contributed by atoms with Gasteiger partial charge < -0.3 is 44.2 Å². The van der Waals surface area contributed by atoms with E-state index in [1.807, 2.05) is 0 Å². The van der Waals surface area contributed by atoms with Gasteiger partial charge in [-0.1, -0.05) is 0 Å². The van der Waals surface area contributed by atoms with Crippen LogP contribution in [0.1, 0.15) is 18.9 Å². The summed E-state index contributed by atoms with van der Waals surface area (Å²) in [6.07, 6.45) is -8.85. The maximum atomic E-state index is 16.0. The lowest BCUT2D eigenvalue weighted by molar-refractivity contribution is -0.0528. The number of phosphoric ester groups is 1. The van der Waals surface area contributed by atoms with Gasteiger partial charge in [0, 0.05) is 12.6 Å². The zero-order valence-corrected chi connectivity index (χ0v) is 25.6. The van der Waals surface area contributed by atoms with Crippen LogP contribution in [-0.4, -0.2) is 98.9 Å². The second-order valence-corrected chi connectivity index (χ2v) is 14.7. The van der Waals surface area contributed by atoms with Gasteiger partial charge in [-0.15, -0.1) is 0 Å². The molecule has 46 heavy (non-hydrogen) atoms. The highest BCUT2D eigenvalue weighted by atomic mass is 32.5. The van der Waals surface area contributed by atoms with Gasteiger partial charge in [0.25, 0.3) is 5.56 Å². The van der Waals surface area contributed by atoms with Gasteiger partial charge in [0.1, 0.15) is 41.6 Å². The molecule has 2 unspecified atom stereocenters. The minimum absolute atomic E-state index is 0.0309. The molecule has 4 aromatic rings. The third-order valence-corrected chi connectivity index (χ3v) is 10.2. The van der Waals surface area contributed by atoms with E-state index < -0.39 is 93.7 Å². The number of H-pyrrole nitrogens is 1. The van der Waals surface area contributed by atoms with Crippen LogP contribution in [0.4, 0.5) is 14.6 Å². The number of aromatic amines is 1. The maximum absolute atomic E-state index is 16.0. The number of rotatable bonds is 2. The first-order chi connectivity index (χ1) is 21.8. The minimum Gasteiger partial charge on any atom is -0.387 e. The zero-order valence-electron chi connectivity index (χ0n) is 23.0. The molecule has 3 fully saturated rings. The molecular formula is C22H24F2N8O11P2S. The van der Waals surface area contributed by atoms with E-state index in [1.54, 1.807) is 0 Å². The predicted octanol–water partition coefficient (Wildman–Crippen LogP) is 0.304. The molecular weight excluding hydrogens is 684 g/mol. The van der Waals surface area contributed by atoms with E-state index in [9.17, 15) is 28.6 Å². The molecule has 0 saturated carbocycles. The lowest BCUT2D eigenvalue weighted by Crippen LogP contribution is -2.36. The Hall–Kier alpha value is -2.85. The van der Waals surface area contributed by atoms with Crippen molar-refractivity contribution in [3.8, 4) is 0 Å². The third kappa shape index (κ3) is 5.57. The second kappa shape index (κ2) is 11.7. The summed E-state index contributed by atoms with van der Waals surface area (Å²) < 4.78 is 79.1. The molecule has 6 N–H and O–H groups in total. The van der Waals surface area contributed by atoms with Gasteiger partial charge >= 0.3 is 14.5 Å². The smallest absolute Gasteiger partial charge is 0.387 e. The monoisotopic (exact) mass is 708 g/mol. The fourth-order valence-corrected chi connectivity index (χ4v) is 8.00. The molecule has 4 aromatic heterocycles. The number of phosphoric acid groups is 1. The number of nitrogen functional groups attached to an aromatic ring is 1. The Morgan fingerprint density at radius 1 is 1.04 bits per heavy atom. The number of hydrogen-bond donors (Lipinski definition) is 5. The summed E-state index contributed by atoms with van der Waals surface area (Å²) in [5.41, 5.74) is 5.11. The van der Waals surface area contributed by atoms with Crippen LogP contribution in [0.3, 0.4) is 0 Å². The molecule has 0 aromatic carbocycles. The summed E-state index contributed by atoms with van der Waals surface area (Å²) in [5.74, 6) is -0.951. The van der Waals surface area contributed by atoms with Gasteiger partial charge in [-0.05, 0) is 11.8 Å². The van der Waals surface area contributed by atoms with Crippen molar-refractivity contribution in [1.82, 2.24) is 34.1 Å². The number of alkyl halides is 1. The highest BCUT2D eigenvalue weighted by Crippen LogP contribution is 2.53. The van der Waals surface area contributed by atoms with Gasteiger partial charge in [0.2, 0.25) is 0 Å². The first-order valence-electron chi connectivity index (χ1n) is 13.4. The zero-order chi connectivity index (χ0) is 32.5. The summed E-state index contributed by atoms with van der Waals surface area (Å²) in [6.45, 7) is -5.51. The van der Waals surface area contributed by atoms with E-state index in [4.69, 9.17) is 45.1 Å². The van der Waals surface area contributed by atoms with Gasteiger partial charge in [-0.3, -0.25) is 22.9 Å². The lowest BCUT2D eigenvalue weighted by Gasteiger charge is -2.27.